The predicted octanol–water partition coefficient (Wildman–Crippen LogP) is 2.64. The summed E-state index contributed by atoms with van der Waals surface area (Å²) in [5.41, 5.74) is 0.667. The highest BCUT2D eigenvalue weighted by Gasteiger charge is 2.23. The Kier molecular flexibility index (Phi) is 4.62. The van der Waals surface area contributed by atoms with Crippen molar-refractivity contribution in [1.29, 1.82) is 0 Å². The average Bonchev–Trinajstić information content (AvgIpc) is 2.83. The third kappa shape index (κ3) is 3.31. The first-order chi connectivity index (χ1) is 11.5. The predicted molar refractivity (Wildman–Crippen MR) is 84.1 cm³/mol. The number of amides is 1. The van der Waals surface area contributed by atoms with Crippen molar-refractivity contribution in [3.8, 4) is 11.5 Å². The van der Waals surface area contributed by atoms with Crippen molar-refractivity contribution >= 4 is 5.91 Å². The standard InChI is InChI=1S/C17H19F2N3O2/c1-10-8-20-15(23)6-7-22(10)9-14-11(2)24-17(21-14)12-4-3-5-13(18)16(12)19/h3-5,10H,6-9H2,1-2H3,(H,20,23)/t10-/m0/s1. The van der Waals surface area contributed by atoms with Gasteiger partial charge in [-0.15, -0.1) is 0 Å². The van der Waals surface area contributed by atoms with E-state index in [-0.39, 0.29) is 23.4 Å². The molecule has 1 atom stereocenters. The van der Waals surface area contributed by atoms with Crippen molar-refractivity contribution in [2.75, 3.05) is 13.1 Å². The molecule has 128 valence electrons. The van der Waals surface area contributed by atoms with Crippen LogP contribution in [0.15, 0.2) is 22.6 Å². The van der Waals surface area contributed by atoms with Crippen LogP contribution in [0.4, 0.5) is 8.78 Å². The minimum Gasteiger partial charge on any atom is -0.441 e. The molecule has 0 unspecified atom stereocenters. The summed E-state index contributed by atoms with van der Waals surface area (Å²) >= 11 is 0. The SMILES string of the molecule is Cc1oc(-c2cccc(F)c2F)nc1CN1CCC(=O)NC[C@@H]1C. The maximum Gasteiger partial charge on any atom is 0.229 e. The van der Waals surface area contributed by atoms with Crippen LogP contribution in [0.25, 0.3) is 11.5 Å². The lowest BCUT2D eigenvalue weighted by Crippen LogP contribution is -2.37. The molecule has 1 amide bonds. The fourth-order valence-electron chi connectivity index (χ4n) is 2.73. The number of oxazole rings is 1. The zero-order chi connectivity index (χ0) is 17.3. The number of carbonyl (C=O) groups excluding carboxylic acids is 1. The summed E-state index contributed by atoms with van der Waals surface area (Å²) in [6, 6.07) is 4.06. The largest absolute Gasteiger partial charge is 0.441 e. The highest BCUT2D eigenvalue weighted by Crippen LogP contribution is 2.26. The van der Waals surface area contributed by atoms with Crippen LogP contribution in [0.1, 0.15) is 24.8 Å². The van der Waals surface area contributed by atoms with Gasteiger partial charge in [-0.3, -0.25) is 9.69 Å². The molecule has 1 aromatic heterocycles. The van der Waals surface area contributed by atoms with Crippen LogP contribution in [-0.2, 0) is 11.3 Å². The van der Waals surface area contributed by atoms with E-state index < -0.39 is 11.6 Å². The van der Waals surface area contributed by atoms with Crippen LogP contribution in [0.3, 0.4) is 0 Å². The molecular formula is C17H19F2N3O2. The monoisotopic (exact) mass is 335 g/mol. The Balaban J connectivity index is 1.84. The molecule has 7 heteroatoms. The number of hydrogen-bond acceptors (Lipinski definition) is 4. The van der Waals surface area contributed by atoms with Crippen molar-refractivity contribution < 1.29 is 18.0 Å². The topological polar surface area (TPSA) is 58.4 Å². The number of benzene rings is 1. The minimum atomic E-state index is -0.969. The minimum absolute atomic E-state index is 0.00473. The molecule has 0 radical (unpaired) electrons. The summed E-state index contributed by atoms with van der Waals surface area (Å²) in [4.78, 5) is 18.0. The van der Waals surface area contributed by atoms with Crippen LogP contribution in [0, 0.1) is 18.6 Å². The van der Waals surface area contributed by atoms with Gasteiger partial charge < -0.3 is 9.73 Å². The molecule has 0 aliphatic carbocycles. The zero-order valence-electron chi connectivity index (χ0n) is 13.6. The van der Waals surface area contributed by atoms with Crippen molar-refractivity contribution in [1.82, 2.24) is 15.2 Å². The van der Waals surface area contributed by atoms with Gasteiger partial charge in [0.2, 0.25) is 11.8 Å². The second-order valence-corrected chi connectivity index (χ2v) is 6.00. The highest BCUT2D eigenvalue weighted by molar-refractivity contribution is 5.76. The Morgan fingerprint density at radius 3 is 3.00 bits per heavy atom. The number of halogens is 2. The van der Waals surface area contributed by atoms with Crippen LogP contribution in [0.5, 0.6) is 0 Å². The average molecular weight is 335 g/mol. The molecule has 3 rings (SSSR count). The fraction of sp³-hybridized carbons (Fsp3) is 0.412. The number of aromatic nitrogens is 1. The van der Waals surface area contributed by atoms with Gasteiger partial charge in [-0.2, -0.15) is 0 Å². The van der Waals surface area contributed by atoms with E-state index >= 15 is 0 Å². The quantitative estimate of drug-likeness (QED) is 0.937. The van der Waals surface area contributed by atoms with Gasteiger partial charge in [0.15, 0.2) is 11.6 Å². The first-order valence-corrected chi connectivity index (χ1v) is 7.87. The van der Waals surface area contributed by atoms with E-state index in [4.69, 9.17) is 4.42 Å². The van der Waals surface area contributed by atoms with Gasteiger partial charge in [-0.1, -0.05) is 6.07 Å². The highest BCUT2D eigenvalue weighted by atomic mass is 19.2. The Morgan fingerprint density at radius 1 is 1.42 bits per heavy atom. The van der Waals surface area contributed by atoms with Crippen LogP contribution in [-0.4, -0.2) is 34.9 Å². The van der Waals surface area contributed by atoms with Gasteiger partial charge in [0.1, 0.15) is 5.76 Å². The van der Waals surface area contributed by atoms with Crippen LogP contribution < -0.4 is 5.32 Å². The van der Waals surface area contributed by atoms with E-state index in [1.165, 1.54) is 12.1 Å². The molecule has 1 aliphatic rings. The molecule has 1 aliphatic heterocycles. The Hall–Kier alpha value is -2.28. The molecule has 2 aromatic rings. The van der Waals surface area contributed by atoms with E-state index in [0.29, 0.717) is 37.5 Å². The number of rotatable bonds is 3. The number of aryl methyl sites for hydroxylation is 1. The zero-order valence-corrected chi connectivity index (χ0v) is 13.6. The van der Waals surface area contributed by atoms with Crippen molar-refractivity contribution in [2.45, 2.75) is 32.9 Å². The third-order valence-corrected chi connectivity index (χ3v) is 4.27. The van der Waals surface area contributed by atoms with Gasteiger partial charge in [0.25, 0.3) is 0 Å². The molecule has 0 saturated carbocycles. The summed E-state index contributed by atoms with van der Waals surface area (Å²) in [7, 11) is 0. The van der Waals surface area contributed by atoms with E-state index in [1.807, 2.05) is 6.92 Å². The molecule has 1 fully saturated rings. The lowest BCUT2D eigenvalue weighted by atomic mass is 10.2. The van der Waals surface area contributed by atoms with Crippen molar-refractivity contribution in [3.63, 3.8) is 0 Å². The lowest BCUT2D eigenvalue weighted by Gasteiger charge is -2.25. The van der Waals surface area contributed by atoms with E-state index in [9.17, 15) is 13.6 Å². The Bertz CT molecular complexity index is 760. The maximum absolute atomic E-state index is 13.9. The van der Waals surface area contributed by atoms with E-state index in [1.54, 1.807) is 6.92 Å². The first kappa shape index (κ1) is 16.6. The molecule has 1 saturated heterocycles. The molecule has 1 aromatic carbocycles. The van der Waals surface area contributed by atoms with Gasteiger partial charge >= 0.3 is 0 Å². The normalized spacial score (nSPS) is 19.2. The molecule has 0 spiro atoms. The molecular weight excluding hydrogens is 316 g/mol. The summed E-state index contributed by atoms with van der Waals surface area (Å²) < 4.78 is 32.8. The van der Waals surface area contributed by atoms with E-state index in [2.05, 4.69) is 15.2 Å². The number of nitrogens with one attached hydrogen (secondary N) is 1. The summed E-state index contributed by atoms with van der Waals surface area (Å²) in [5.74, 6) is -1.25. The Morgan fingerprint density at radius 2 is 2.21 bits per heavy atom. The maximum atomic E-state index is 13.9. The smallest absolute Gasteiger partial charge is 0.229 e. The first-order valence-electron chi connectivity index (χ1n) is 7.87. The van der Waals surface area contributed by atoms with Gasteiger partial charge in [-0.05, 0) is 26.0 Å². The third-order valence-electron chi connectivity index (χ3n) is 4.27. The second kappa shape index (κ2) is 6.68. The molecule has 24 heavy (non-hydrogen) atoms. The Labute approximate surface area is 138 Å². The number of carbonyl (C=O) groups is 1. The molecule has 0 bridgehead atoms. The fourth-order valence-corrected chi connectivity index (χ4v) is 2.73. The molecule has 5 nitrogen and oxygen atoms in total. The van der Waals surface area contributed by atoms with Crippen LogP contribution >= 0.6 is 0 Å². The summed E-state index contributed by atoms with van der Waals surface area (Å²) in [6.45, 7) is 5.44. The van der Waals surface area contributed by atoms with Gasteiger partial charge in [-0.25, -0.2) is 13.8 Å². The van der Waals surface area contributed by atoms with Crippen molar-refractivity contribution in [2.24, 2.45) is 0 Å². The summed E-state index contributed by atoms with van der Waals surface area (Å²) in [5, 5.41) is 2.85. The number of nitrogens with zero attached hydrogens (tertiary/aromatic N) is 2. The number of hydrogen-bond donors (Lipinski definition) is 1. The second-order valence-electron chi connectivity index (χ2n) is 6.00. The molecule has 1 N–H and O–H groups in total. The lowest BCUT2D eigenvalue weighted by molar-refractivity contribution is -0.120. The van der Waals surface area contributed by atoms with Crippen LogP contribution in [0.2, 0.25) is 0 Å². The molecule has 2 heterocycles. The van der Waals surface area contributed by atoms with Gasteiger partial charge in [0, 0.05) is 32.1 Å². The summed E-state index contributed by atoms with van der Waals surface area (Å²) in [6.07, 6.45) is 0.423. The van der Waals surface area contributed by atoms with E-state index in [0.717, 1.165) is 6.07 Å². The van der Waals surface area contributed by atoms with Crippen molar-refractivity contribution in [3.05, 3.63) is 41.3 Å². The van der Waals surface area contributed by atoms with Gasteiger partial charge in [0.05, 0.1) is 11.3 Å².